The van der Waals surface area contributed by atoms with E-state index < -0.39 is 29.1 Å². The highest BCUT2D eigenvalue weighted by Crippen LogP contribution is 2.40. The number of alkyl halides is 3. The molecule has 2 heterocycles. The van der Waals surface area contributed by atoms with Gasteiger partial charge in [0.1, 0.15) is 17.3 Å². The molecule has 0 saturated heterocycles. The standard InChI is InChI=1S/C24H16Cl2F3N3O3/c1-35-15-7-8-18-16(11-15)20(21(33)23(34)31-19-4-2-3-9-30-19)22(24(27,28)29)32(18)12-13-5-6-14(25)10-17(13)26/h2-11H,12H2,1H3,(H,30,31,34). The van der Waals surface area contributed by atoms with Crippen LogP contribution in [0.5, 0.6) is 5.75 Å². The number of carbonyl (C=O) groups is 2. The Morgan fingerprint density at radius 2 is 1.86 bits per heavy atom. The molecule has 1 N–H and O–H groups in total. The van der Waals surface area contributed by atoms with Crippen molar-refractivity contribution in [1.82, 2.24) is 9.55 Å². The van der Waals surface area contributed by atoms with Crippen molar-refractivity contribution in [3.8, 4) is 5.75 Å². The van der Waals surface area contributed by atoms with Crippen LogP contribution >= 0.6 is 23.2 Å². The molecule has 6 nitrogen and oxygen atoms in total. The molecular weight excluding hydrogens is 506 g/mol. The number of fused-ring (bicyclic) bond motifs is 1. The van der Waals surface area contributed by atoms with Crippen molar-refractivity contribution < 1.29 is 27.5 Å². The fourth-order valence-electron chi connectivity index (χ4n) is 3.69. The van der Waals surface area contributed by atoms with Gasteiger partial charge in [-0.25, -0.2) is 4.98 Å². The lowest BCUT2D eigenvalue weighted by molar-refractivity contribution is -0.143. The molecule has 1 amide bonds. The highest BCUT2D eigenvalue weighted by molar-refractivity contribution is 6.48. The van der Waals surface area contributed by atoms with Crippen LogP contribution in [0.2, 0.25) is 10.0 Å². The lowest BCUT2D eigenvalue weighted by Crippen LogP contribution is -2.26. The molecule has 0 aliphatic heterocycles. The van der Waals surface area contributed by atoms with Crippen molar-refractivity contribution in [2.24, 2.45) is 0 Å². The van der Waals surface area contributed by atoms with Gasteiger partial charge >= 0.3 is 6.18 Å². The van der Waals surface area contributed by atoms with E-state index in [4.69, 9.17) is 27.9 Å². The number of amides is 1. The van der Waals surface area contributed by atoms with E-state index in [0.29, 0.717) is 10.6 Å². The van der Waals surface area contributed by atoms with Crippen LogP contribution < -0.4 is 10.1 Å². The first kappa shape index (κ1) is 24.6. The number of ether oxygens (including phenoxy) is 1. The second kappa shape index (κ2) is 9.59. The van der Waals surface area contributed by atoms with Gasteiger partial charge in [0.25, 0.3) is 11.7 Å². The Bertz CT molecular complexity index is 1440. The van der Waals surface area contributed by atoms with Crippen LogP contribution in [0.4, 0.5) is 19.0 Å². The van der Waals surface area contributed by atoms with Gasteiger partial charge in [0, 0.05) is 33.7 Å². The molecule has 35 heavy (non-hydrogen) atoms. The summed E-state index contributed by atoms with van der Waals surface area (Å²) in [4.78, 5) is 29.8. The van der Waals surface area contributed by atoms with Crippen LogP contribution in [0.3, 0.4) is 0 Å². The average Bonchev–Trinajstić information content (AvgIpc) is 3.14. The maximum atomic E-state index is 14.4. The predicted molar refractivity (Wildman–Crippen MR) is 126 cm³/mol. The van der Waals surface area contributed by atoms with E-state index in [1.165, 1.54) is 55.8 Å². The van der Waals surface area contributed by atoms with E-state index in [-0.39, 0.29) is 34.0 Å². The summed E-state index contributed by atoms with van der Waals surface area (Å²) in [5, 5.41) is 2.62. The van der Waals surface area contributed by atoms with Crippen LogP contribution in [0.15, 0.2) is 60.8 Å². The molecule has 0 saturated carbocycles. The molecular formula is C24H16Cl2F3N3O3. The topological polar surface area (TPSA) is 73.2 Å². The smallest absolute Gasteiger partial charge is 0.432 e. The fraction of sp³-hybridized carbons (Fsp3) is 0.125. The normalized spacial score (nSPS) is 11.5. The number of rotatable bonds is 6. The predicted octanol–water partition coefficient (Wildman–Crippen LogP) is 6.24. The van der Waals surface area contributed by atoms with Gasteiger partial charge in [0.05, 0.1) is 12.7 Å². The largest absolute Gasteiger partial charge is 0.497 e. The van der Waals surface area contributed by atoms with Gasteiger partial charge in [-0.2, -0.15) is 13.2 Å². The molecule has 0 fully saturated rings. The Hall–Kier alpha value is -3.56. The van der Waals surface area contributed by atoms with Crippen molar-refractivity contribution in [2.75, 3.05) is 12.4 Å². The quantitative estimate of drug-likeness (QED) is 0.240. The summed E-state index contributed by atoms with van der Waals surface area (Å²) >= 11 is 12.1. The van der Waals surface area contributed by atoms with Gasteiger partial charge in [0.15, 0.2) is 0 Å². The van der Waals surface area contributed by atoms with Crippen molar-refractivity contribution in [1.29, 1.82) is 0 Å². The Kier molecular flexibility index (Phi) is 6.73. The Balaban J connectivity index is 1.93. The minimum absolute atomic E-state index is 0.0219. The lowest BCUT2D eigenvalue weighted by Gasteiger charge is -2.15. The first-order valence-corrected chi connectivity index (χ1v) is 10.8. The number of methoxy groups -OCH3 is 1. The number of nitrogens with one attached hydrogen (secondary N) is 1. The van der Waals surface area contributed by atoms with Crippen LogP contribution in [0.25, 0.3) is 10.9 Å². The van der Waals surface area contributed by atoms with Crippen molar-refractivity contribution >= 4 is 51.6 Å². The number of halogens is 5. The molecule has 4 aromatic rings. The number of hydrogen-bond donors (Lipinski definition) is 1. The third-order valence-corrected chi connectivity index (χ3v) is 5.81. The molecule has 2 aromatic heterocycles. The van der Waals surface area contributed by atoms with Gasteiger partial charge in [-0.05, 0) is 48.0 Å². The third-order valence-electron chi connectivity index (χ3n) is 5.22. The van der Waals surface area contributed by atoms with Crippen LogP contribution in [-0.2, 0) is 17.5 Å². The molecule has 0 aliphatic carbocycles. The summed E-state index contributed by atoms with van der Waals surface area (Å²) < 4.78 is 49.4. The maximum Gasteiger partial charge on any atom is 0.432 e. The number of carbonyl (C=O) groups excluding carboxylic acids is 2. The van der Waals surface area contributed by atoms with Gasteiger partial charge in [-0.1, -0.05) is 35.3 Å². The van der Waals surface area contributed by atoms with Crippen molar-refractivity contribution in [3.05, 3.63) is 87.7 Å². The zero-order valence-electron chi connectivity index (χ0n) is 18.0. The van der Waals surface area contributed by atoms with E-state index in [1.807, 2.05) is 0 Å². The van der Waals surface area contributed by atoms with E-state index in [0.717, 1.165) is 4.57 Å². The average molecular weight is 522 g/mol. The van der Waals surface area contributed by atoms with Crippen molar-refractivity contribution in [2.45, 2.75) is 12.7 Å². The van der Waals surface area contributed by atoms with Crippen LogP contribution in [0, 0.1) is 0 Å². The minimum Gasteiger partial charge on any atom is -0.497 e. The van der Waals surface area contributed by atoms with Crippen LogP contribution in [-0.4, -0.2) is 28.4 Å². The number of aromatic nitrogens is 2. The highest BCUT2D eigenvalue weighted by Gasteiger charge is 2.42. The third kappa shape index (κ3) is 4.96. The Labute approximate surface area is 207 Å². The number of benzene rings is 2. The SMILES string of the molecule is COc1ccc2c(c1)c(C(=O)C(=O)Nc1ccccn1)c(C(F)(F)F)n2Cc1ccc(Cl)cc1Cl. The molecule has 0 atom stereocenters. The van der Waals surface area contributed by atoms with Crippen molar-refractivity contribution in [3.63, 3.8) is 0 Å². The summed E-state index contributed by atoms with van der Waals surface area (Å²) in [5.74, 6) is -2.40. The highest BCUT2D eigenvalue weighted by atomic mass is 35.5. The number of Topliss-reactive ketones (excluding diaryl/α,β-unsaturated/α-hetero) is 1. The van der Waals surface area contributed by atoms with E-state index >= 15 is 0 Å². The zero-order valence-corrected chi connectivity index (χ0v) is 19.5. The first-order chi connectivity index (χ1) is 16.6. The molecule has 0 bridgehead atoms. The molecule has 0 spiro atoms. The molecule has 0 unspecified atom stereocenters. The molecule has 180 valence electrons. The Morgan fingerprint density at radius 1 is 1.09 bits per heavy atom. The second-order valence-electron chi connectivity index (χ2n) is 7.42. The summed E-state index contributed by atoms with van der Waals surface area (Å²) in [7, 11) is 1.34. The minimum atomic E-state index is -4.98. The Morgan fingerprint density at radius 3 is 2.49 bits per heavy atom. The number of nitrogens with zero attached hydrogens (tertiary/aromatic N) is 2. The fourth-order valence-corrected chi connectivity index (χ4v) is 4.16. The summed E-state index contributed by atoms with van der Waals surface area (Å²) in [6, 6.07) is 13.1. The molecule has 2 aromatic carbocycles. The molecule has 0 aliphatic rings. The second-order valence-corrected chi connectivity index (χ2v) is 8.27. The first-order valence-electron chi connectivity index (χ1n) is 10.1. The number of hydrogen-bond acceptors (Lipinski definition) is 4. The number of pyridine rings is 1. The van der Waals surface area contributed by atoms with Gasteiger partial charge in [0.2, 0.25) is 0 Å². The van der Waals surface area contributed by atoms with E-state index in [1.54, 1.807) is 12.1 Å². The molecule has 0 radical (unpaired) electrons. The monoisotopic (exact) mass is 521 g/mol. The maximum absolute atomic E-state index is 14.4. The van der Waals surface area contributed by atoms with Gasteiger partial charge in [-0.3, -0.25) is 9.59 Å². The van der Waals surface area contributed by atoms with Gasteiger partial charge < -0.3 is 14.6 Å². The lowest BCUT2D eigenvalue weighted by atomic mass is 10.0. The van der Waals surface area contributed by atoms with Gasteiger partial charge in [-0.15, -0.1) is 0 Å². The molecule has 4 rings (SSSR count). The summed E-state index contributed by atoms with van der Waals surface area (Å²) in [5.41, 5.74) is -1.68. The summed E-state index contributed by atoms with van der Waals surface area (Å²) in [6.07, 6.45) is -3.62. The van der Waals surface area contributed by atoms with Crippen LogP contribution in [0.1, 0.15) is 21.6 Å². The zero-order chi connectivity index (χ0) is 25.3. The summed E-state index contributed by atoms with van der Waals surface area (Å²) in [6.45, 7) is -0.331. The number of ketones is 1. The van der Waals surface area contributed by atoms with E-state index in [9.17, 15) is 22.8 Å². The van der Waals surface area contributed by atoms with E-state index in [2.05, 4.69) is 10.3 Å². The number of anilines is 1. The molecule has 11 heteroatoms.